The molecule has 0 radical (unpaired) electrons. The second-order valence-electron chi connectivity index (χ2n) is 3.41. The third-order valence-electron chi connectivity index (χ3n) is 2.50. The molecule has 0 aromatic rings. The van der Waals surface area contributed by atoms with Gasteiger partial charge < -0.3 is 10.4 Å². The summed E-state index contributed by atoms with van der Waals surface area (Å²) in [6.07, 6.45) is 2.60. The molecule has 88 valence electrons. The molecule has 1 aliphatic rings. The maximum absolute atomic E-state index is 8.78. The lowest BCUT2D eigenvalue weighted by molar-refractivity contribution is 0.191. The van der Waals surface area contributed by atoms with Crippen LogP contribution in [-0.4, -0.2) is 48.8 Å². The lowest BCUT2D eigenvalue weighted by Gasteiger charge is -2.22. The molecule has 0 aromatic carbocycles. The lowest BCUT2D eigenvalue weighted by atomic mass is 10.2. The number of hydrogen-bond donors (Lipinski definition) is 2. The van der Waals surface area contributed by atoms with Crippen LogP contribution in [0.4, 0.5) is 0 Å². The van der Waals surface area contributed by atoms with Crippen LogP contribution in [-0.2, 0) is 0 Å². The fourth-order valence-corrected chi connectivity index (χ4v) is 1.74. The van der Waals surface area contributed by atoms with E-state index in [1.807, 2.05) is 0 Å². The van der Waals surface area contributed by atoms with Gasteiger partial charge in [-0.15, -0.1) is 24.8 Å². The largest absolute Gasteiger partial charge is 0.395 e. The molecule has 14 heavy (non-hydrogen) atoms. The van der Waals surface area contributed by atoms with E-state index >= 15 is 0 Å². The van der Waals surface area contributed by atoms with Crippen LogP contribution in [0.2, 0.25) is 0 Å². The molecule has 2 N–H and O–H groups in total. The Labute approximate surface area is 99.1 Å². The fourth-order valence-electron chi connectivity index (χ4n) is 1.74. The first-order valence-electron chi connectivity index (χ1n) is 4.93. The molecule has 0 aromatic heterocycles. The minimum absolute atomic E-state index is 0. The van der Waals surface area contributed by atoms with Gasteiger partial charge in [-0.2, -0.15) is 0 Å². The topological polar surface area (TPSA) is 35.5 Å². The van der Waals surface area contributed by atoms with E-state index in [2.05, 4.69) is 17.1 Å². The van der Waals surface area contributed by atoms with E-state index in [0.717, 1.165) is 19.6 Å². The van der Waals surface area contributed by atoms with Gasteiger partial charge in [0.25, 0.3) is 0 Å². The van der Waals surface area contributed by atoms with Crippen LogP contribution >= 0.6 is 24.8 Å². The van der Waals surface area contributed by atoms with E-state index in [4.69, 9.17) is 5.11 Å². The predicted octanol–water partition coefficient (Wildman–Crippen LogP) is 0.896. The molecule has 5 heteroatoms. The van der Waals surface area contributed by atoms with Crippen molar-refractivity contribution in [3.63, 3.8) is 0 Å². The Hall–Kier alpha value is 0.460. The molecule has 1 fully saturated rings. The number of aliphatic hydroxyl groups excluding tert-OH is 1. The van der Waals surface area contributed by atoms with Crippen molar-refractivity contribution in [3.8, 4) is 0 Å². The summed E-state index contributed by atoms with van der Waals surface area (Å²) in [5, 5.41) is 12.2. The number of hydrogen-bond acceptors (Lipinski definition) is 3. The summed E-state index contributed by atoms with van der Waals surface area (Å²) < 4.78 is 0. The Morgan fingerprint density at radius 1 is 1.43 bits per heavy atom. The smallest absolute Gasteiger partial charge is 0.0558 e. The maximum Gasteiger partial charge on any atom is 0.0558 e. The first-order chi connectivity index (χ1) is 5.86. The summed E-state index contributed by atoms with van der Waals surface area (Å²) >= 11 is 0. The minimum Gasteiger partial charge on any atom is -0.395 e. The molecular formula is C9H22Cl2N2O. The first kappa shape index (κ1) is 16.9. The molecule has 1 saturated heterocycles. The zero-order chi connectivity index (χ0) is 8.81. The highest BCUT2D eigenvalue weighted by Gasteiger charge is 2.16. The molecular weight excluding hydrogens is 223 g/mol. The molecule has 1 rings (SSSR count). The molecule has 1 heterocycles. The Morgan fingerprint density at radius 2 is 2.14 bits per heavy atom. The van der Waals surface area contributed by atoms with E-state index in [9.17, 15) is 0 Å². The average molecular weight is 245 g/mol. The molecule has 3 nitrogen and oxygen atoms in total. The van der Waals surface area contributed by atoms with E-state index in [1.54, 1.807) is 0 Å². The number of nitrogens with zero attached hydrogens (tertiary/aromatic N) is 1. The molecule has 0 bridgehead atoms. The monoisotopic (exact) mass is 244 g/mol. The number of aliphatic hydroxyl groups is 1. The predicted molar refractivity (Wildman–Crippen MR) is 64.7 cm³/mol. The third kappa shape index (κ3) is 6.04. The summed E-state index contributed by atoms with van der Waals surface area (Å²) in [4.78, 5) is 2.29. The molecule has 1 atom stereocenters. The summed E-state index contributed by atoms with van der Waals surface area (Å²) in [7, 11) is 0. The normalized spacial score (nSPS) is 20.4. The number of halogens is 2. The molecule has 1 unspecified atom stereocenters. The standard InChI is InChI=1S/C9H20N2O.2ClH/c1-2-11(6-7-12)8-9-4-3-5-10-9;;/h9-10,12H,2-8H2,1H3;2*1H. The van der Waals surface area contributed by atoms with Crippen molar-refractivity contribution in [1.29, 1.82) is 0 Å². The van der Waals surface area contributed by atoms with Gasteiger partial charge in [0.2, 0.25) is 0 Å². The number of likely N-dealkylation sites (N-methyl/N-ethyl adjacent to an activating group) is 1. The van der Waals surface area contributed by atoms with Crippen molar-refractivity contribution in [2.24, 2.45) is 0 Å². The Balaban J connectivity index is 0. The Kier molecular flexibility index (Phi) is 12.0. The molecule has 1 aliphatic heterocycles. The van der Waals surface area contributed by atoms with E-state index < -0.39 is 0 Å². The van der Waals surface area contributed by atoms with Crippen LogP contribution in [0.1, 0.15) is 19.8 Å². The van der Waals surface area contributed by atoms with Crippen LogP contribution in [0.3, 0.4) is 0 Å². The van der Waals surface area contributed by atoms with Crippen molar-refractivity contribution in [1.82, 2.24) is 10.2 Å². The second-order valence-corrected chi connectivity index (χ2v) is 3.41. The maximum atomic E-state index is 8.78. The van der Waals surface area contributed by atoms with Gasteiger partial charge in [-0.05, 0) is 25.9 Å². The summed E-state index contributed by atoms with van der Waals surface area (Å²) in [6.45, 7) is 6.54. The summed E-state index contributed by atoms with van der Waals surface area (Å²) in [5.41, 5.74) is 0. The number of rotatable bonds is 5. The molecule has 0 saturated carbocycles. The molecule has 0 aliphatic carbocycles. The van der Waals surface area contributed by atoms with Crippen molar-refractivity contribution < 1.29 is 5.11 Å². The van der Waals surface area contributed by atoms with Crippen molar-refractivity contribution in [2.75, 3.05) is 32.8 Å². The highest BCUT2D eigenvalue weighted by Crippen LogP contribution is 2.06. The van der Waals surface area contributed by atoms with Gasteiger partial charge in [0.05, 0.1) is 6.61 Å². The zero-order valence-electron chi connectivity index (χ0n) is 8.74. The van der Waals surface area contributed by atoms with Crippen molar-refractivity contribution >= 4 is 24.8 Å². The summed E-state index contributed by atoms with van der Waals surface area (Å²) in [5.74, 6) is 0. The Morgan fingerprint density at radius 3 is 2.57 bits per heavy atom. The average Bonchev–Trinajstić information content (AvgIpc) is 2.56. The van der Waals surface area contributed by atoms with Crippen LogP contribution in [0.5, 0.6) is 0 Å². The highest BCUT2D eigenvalue weighted by molar-refractivity contribution is 5.85. The second kappa shape index (κ2) is 9.99. The van der Waals surface area contributed by atoms with E-state index in [-0.39, 0.29) is 31.4 Å². The summed E-state index contributed by atoms with van der Waals surface area (Å²) in [6, 6.07) is 0.663. The highest BCUT2D eigenvalue weighted by atomic mass is 35.5. The van der Waals surface area contributed by atoms with Crippen LogP contribution in [0.15, 0.2) is 0 Å². The van der Waals surface area contributed by atoms with E-state index in [1.165, 1.54) is 19.4 Å². The molecule has 0 spiro atoms. The first-order valence-corrected chi connectivity index (χ1v) is 4.93. The van der Waals surface area contributed by atoms with Crippen LogP contribution < -0.4 is 5.32 Å². The SMILES string of the molecule is CCN(CCO)CC1CCCN1.Cl.Cl. The van der Waals surface area contributed by atoms with Crippen molar-refractivity contribution in [2.45, 2.75) is 25.8 Å². The fraction of sp³-hybridized carbons (Fsp3) is 1.00. The van der Waals surface area contributed by atoms with Crippen molar-refractivity contribution in [3.05, 3.63) is 0 Å². The molecule has 0 amide bonds. The Bertz CT molecular complexity index is 121. The quantitative estimate of drug-likeness (QED) is 0.755. The van der Waals surface area contributed by atoms with Gasteiger partial charge in [0, 0.05) is 19.1 Å². The number of nitrogens with one attached hydrogen (secondary N) is 1. The van der Waals surface area contributed by atoms with Crippen LogP contribution in [0.25, 0.3) is 0 Å². The van der Waals surface area contributed by atoms with Crippen LogP contribution in [0, 0.1) is 0 Å². The van der Waals surface area contributed by atoms with Gasteiger partial charge in [-0.25, -0.2) is 0 Å². The van der Waals surface area contributed by atoms with E-state index in [0.29, 0.717) is 6.04 Å². The minimum atomic E-state index is 0. The van der Waals surface area contributed by atoms with Gasteiger partial charge in [-0.3, -0.25) is 4.90 Å². The van der Waals surface area contributed by atoms with Gasteiger partial charge in [0.1, 0.15) is 0 Å². The van der Waals surface area contributed by atoms with Gasteiger partial charge in [0.15, 0.2) is 0 Å². The third-order valence-corrected chi connectivity index (χ3v) is 2.50. The van der Waals surface area contributed by atoms with Gasteiger partial charge >= 0.3 is 0 Å². The van der Waals surface area contributed by atoms with Gasteiger partial charge in [-0.1, -0.05) is 6.92 Å². The lowest BCUT2D eigenvalue weighted by Crippen LogP contribution is -2.38. The zero-order valence-corrected chi connectivity index (χ0v) is 10.4.